The molecular formula is C18H17N3O. The fourth-order valence-electron chi connectivity index (χ4n) is 4.21. The standard InChI is InChI=1S/C18H17N3O/c22-18-14(7-9-20-8-3-6-15(18)20)17-13-5-2-1-4-12(13)16-10-19-11-21(16)17/h1-6,8,10-11,14,17-18,22H,7,9H2/t14-,17+,18-/m1/s1. The second kappa shape index (κ2) is 4.34. The van der Waals surface area contributed by atoms with E-state index in [0.29, 0.717) is 0 Å². The number of nitrogens with zero attached hydrogens (tertiary/aromatic N) is 3. The summed E-state index contributed by atoms with van der Waals surface area (Å²) in [4.78, 5) is 4.32. The van der Waals surface area contributed by atoms with E-state index in [1.807, 2.05) is 24.7 Å². The SMILES string of the molecule is O[C@H]1c2cccn2CC[C@@H]1[C@@H]1c2ccccc2-c2cncn21. The van der Waals surface area contributed by atoms with E-state index in [2.05, 4.69) is 44.6 Å². The van der Waals surface area contributed by atoms with Crippen LogP contribution in [0.25, 0.3) is 11.3 Å². The topological polar surface area (TPSA) is 43.0 Å². The van der Waals surface area contributed by atoms with Gasteiger partial charge in [0.2, 0.25) is 0 Å². The molecule has 110 valence electrons. The third kappa shape index (κ3) is 1.48. The average molecular weight is 291 g/mol. The summed E-state index contributed by atoms with van der Waals surface area (Å²) in [6.45, 7) is 0.965. The number of aliphatic hydroxyl groups is 1. The monoisotopic (exact) mass is 291 g/mol. The van der Waals surface area contributed by atoms with Crippen LogP contribution in [-0.2, 0) is 6.54 Å². The minimum atomic E-state index is -0.435. The van der Waals surface area contributed by atoms with Crippen molar-refractivity contribution in [3.63, 3.8) is 0 Å². The number of aliphatic hydroxyl groups excluding tert-OH is 1. The zero-order valence-corrected chi connectivity index (χ0v) is 12.1. The Kier molecular flexibility index (Phi) is 2.41. The minimum absolute atomic E-state index is 0.173. The molecule has 0 bridgehead atoms. The van der Waals surface area contributed by atoms with Crippen molar-refractivity contribution in [3.8, 4) is 11.3 Å². The summed E-state index contributed by atoms with van der Waals surface area (Å²) >= 11 is 0. The molecule has 3 aromatic rings. The molecule has 1 N–H and O–H groups in total. The minimum Gasteiger partial charge on any atom is -0.386 e. The first-order valence-electron chi connectivity index (χ1n) is 7.79. The van der Waals surface area contributed by atoms with Gasteiger partial charge in [0.15, 0.2) is 0 Å². The number of imidazole rings is 1. The second-order valence-corrected chi connectivity index (χ2v) is 6.24. The maximum absolute atomic E-state index is 10.9. The van der Waals surface area contributed by atoms with E-state index in [1.54, 1.807) is 0 Å². The van der Waals surface area contributed by atoms with Crippen molar-refractivity contribution in [1.82, 2.24) is 14.1 Å². The molecule has 2 aromatic heterocycles. The zero-order valence-electron chi connectivity index (χ0n) is 12.1. The van der Waals surface area contributed by atoms with Gasteiger partial charge in [-0.3, -0.25) is 0 Å². The molecule has 0 saturated heterocycles. The third-order valence-electron chi connectivity index (χ3n) is 5.20. The van der Waals surface area contributed by atoms with E-state index in [1.165, 1.54) is 11.1 Å². The van der Waals surface area contributed by atoms with Gasteiger partial charge in [0.05, 0.1) is 30.4 Å². The second-order valence-electron chi connectivity index (χ2n) is 6.24. The highest BCUT2D eigenvalue weighted by Gasteiger charge is 2.40. The van der Waals surface area contributed by atoms with E-state index in [4.69, 9.17) is 0 Å². The Bertz CT molecular complexity index is 847. The molecular weight excluding hydrogens is 274 g/mol. The maximum atomic E-state index is 10.9. The molecule has 3 atom stereocenters. The summed E-state index contributed by atoms with van der Waals surface area (Å²) in [6.07, 6.45) is 6.42. The summed E-state index contributed by atoms with van der Waals surface area (Å²) in [5, 5.41) is 10.9. The zero-order chi connectivity index (χ0) is 14.7. The van der Waals surface area contributed by atoms with Gasteiger partial charge < -0.3 is 14.2 Å². The first-order valence-corrected chi connectivity index (χ1v) is 7.79. The Hall–Kier alpha value is -2.33. The highest BCUT2D eigenvalue weighted by atomic mass is 16.3. The first-order chi connectivity index (χ1) is 10.8. The van der Waals surface area contributed by atoms with Gasteiger partial charge in [-0.15, -0.1) is 0 Å². The Morgan fingerprint density at radius 2 is 2.05 bits per heavy atom. The predicted octanol–water partition coefficient (Wildman–Crippen LogP) is 3.01. The molecule has 4 heterocycles. The molecule has 5 rings (SSSR count). The fourth-order valence-corrected chi connectivity index (χ4v) is 4.21. The molecule has 2 aliphatic heterocycles. The van der Waals surface area contributed by atoms with Crippen LogP contribution in [0.5, 0.6) is 0 Å². The molecule has 0 spiro atoms. The fraction of sp³-hybridized carbons (Fsp3) is 0.278. The molecule has 1 aromatic carbocycles. The number of hydrogen-bond donors (Lipinski definition) is 1. The van der Waals surface area contributed by atoms with Gasteiger partial charge in [-0.05, 0) is 24.1 Å². The molecule has 2 aliphatic rings. The van der Waals surface area contributed by atoms with Crippen LogP contribution < -0.4 is 0 Å². The number of aromatic nitrogens is 3. The summed E-state index contributed by atoms with van der Waals surface area (Å²) < 4.78 is 4.40. The highest BCUT2D eigenvalue weighted by molar-refractivity contribution is 5.69. The lowest BCUT2D eigenvalue weighted by Crippen LogP contribution is -2.30. The van der Waals surface area contributed by atoms with Gasteiger partial charge in [-0.2, -0.15) is 0 Å². The van der Waals surface area contributed by atoms with Crippen molar-refractivity contribution in [2.24, 2.45) is 5.92 Å². The highest BCUT2D eigenvalue weighted by Crippen LogP contribution is 2.48. The lowest BCUT2D eigenvalue weighted by atomic mass is 9.83. The molecule has 22 heavy (non-hydrogen) atoms. The normalized spacial score (nSPS) is 25.6. The van der Waals surface area contributed by atoms with Crippen LogP contribution in [0.1, 0.15) is 29.8 Å². The van der Waals surface area contributed by atoms with Crippen LogP contribution >= 0.6 is 0 Å². The van der Waals surface area contributed by atoms with Crippen LogP contribution in [0.4, 0.5) is 0 Å². The van der Waals surface area contributed by atoms with Crippen LogP contribution in [0, 0.1) is 5.92 Å². The number of aryl methyl sites for hydroxylation is 1. The van der Waals surface area contributed by atoms with E-state index in [-0.39, 0.29) is 12.0 Å². The van der Waals surface area contributed by atoms with Crippen molar-refractivity contribution in [3.05, 3.63) is 66.4 Å². The number of rotatable bonds is 1. The quantitative estimate of drug-likeness (QED) is 0.749. The Morgan fingerprint density at radius 1 is 1.14 bits per heavy atom. The van der Waals surface area contributed by atoms with Gasteiger partial charge in [0.1, 0.15) is 0 Å². The van der Waals surface area contributed by atoms with E-state index >= 15 is 0 Å². The third-order valence-corrected chi connectivity index (χ3v) is 5.20. The van der Waals surface area contributed by atoms with Crippen LogP contribution in [-0.4, -0.2) is 19.2 Å². The molecule has 4 heteroatoms. The molecule has 0 unspecified atom stereocenters. The van der Waals surface area contributed by atoms with E-state index in [9.17, 15) is 5.11 Å². The molecule has 0 aliphatic carbocycles. The Morgan fingerprint density at radius 3 is 3.00 bits per heavy atom. The van der Waals surface area contributed by atoms with Gasteiger partial charge >= 0.3 is 0 Å². The average Bonchev–Trinajstić information content (AvgIpc) is 3.23. The van der Waals surface area contributed by atoms with Gasteiger partial charge in [0, 0.05) is 29.9 Å². The number of fused-ring (bicyclic) bond motifs is 4. The lowest BCUT2D eigenvalue weighted by Gasteiger charge is -2.35. The molecule has 0 amide bonds. The summed E-state index contributed by atoms with van der Waals surface area (Å²) in [6, 6.07) is 12.7. The summed E-state index contributed by atoms with van der Waals surface area (Å²) in [5.41, 5.74) is 4.75. The van der Waals surface area contributed by atoms with Crippen molar-refractivity contribution in [2.45, 2.75) is 25.1 Å². The summed E-state index contributed by atoms with van der Waals surface area (Å²) in [7, 11) is 0. The lowest BCUT2D eigenvalue weighted by molar-refractivity contribution is 0.0556. The number of benzene rings is 1. The summed E-state index contributed by atoms with van der Waals surface area (Å²) in [5.74, 6) is 0.180. The predicted molar refractivity (Wildman–Crippen MR) is 83.3 cm³/mol. The van der Waals surface area contributed by atoms with Crippen LogP contribution in [0.15, 0.2) is 55.1 Å². The maximum Gasteiger partial charge on any atom is 0.0991 e. The van der Waals surface area contributed by atoms with Crippen LogP contribution in [0.3, 0.4) is 0 Å². The van der Waals surface area contributed by atoms with Crippen molar-refractivity contribution >= 4 is 0 Å². The molecule has 4 nitrogen and oxygen atoms in total. The Balaban J connectivity index is 1.65. The van der Waals surface area contributed by atoms with Crippen LogP contribution in [0.2, 0.25) is 0 Å². The molecule has 0 fully saturated rings. The van der Waals surface area contributed by atoms with E-state index in [0.717, 1.165) is 24.4 Å². The van der Waals surface area contributed by atoms with Gasteiger partial charge in [0.25, 0.3) is 0 Å². The smallest absolute Gasteiger partial charge is 0.0991 e. The van der Waals surface area contributed by atoms with E-state index < -0.39 is 6.10 Å². The van der Waals surface area contributed by atoms with Gasteiger partial charge in [-0.1, -0.05) is 24.3 Å². The van der Waals surface area contributed by atoms with Crippen molar-refractivity contribution in [2.75, 3.05) is 0 Å². The largest absolute Gasteiger partial charge is 0.386 e. The Labute approximate surface area is 128 Å². The van der Waals surface area contributed by atoms with Crippen molar-refractivity contribution < 1.29 is 5.11 Å². The first kappa shape index (κ1) is 12.2. The molecule has 0 radical (unpaired) electrons. The van der Waals surface area contributed by atoms with Gasteiger partial charge in [-0.25, -0.2) is 4.98 Å². The van der Waals surface area contributed by atoms with Crippen molar-refractivity contribution in [1.29, 1.82) is 0 Å². The molecule has 0 saturated carbocycles. The number of hydrogen-bond acceptors (Lipinski definition) is 2.